The van der Waals surface area contributed by atoms with Crippen LogP contribution in [0.1, 0.15) is 27.0 Å². The first-order valence-corrected chi connectivity index (χ1v) is 5.95. The molecule has 0 aliphatic carbocycles. The van der Waals surface area contributed by atoms with Crippen LogP contribution in [0, 0.1) is 13.8 Å². The number of rotatable bonds is 3. The van der Waals surface area contributed by atoms with Crippen LogP contribution in [0.15, 0.2) is 30.5 Å². The van der Waals surface area contributed by atoms with Gasteiger partial charge in [-0.3, -0.25) is 4.79 Å². The van der Waals surface area contributed by atoms with Gasteiger partial charge in [0.25, 0.3) is 0 Å². The van der Waals surface area contributed by atoms with Crippen molar-refractivity contribution >= 4 is 11.6 Å². The Balaban J connectivity index is 2.56. The van der Waals surface area contributed by atoms with E-state index in [9.17, 15) is 4.79 Å². The molecule has 0 spiro atoms. The number of nitrogens with zero attached hydrogens (tertiary/aromatic N) is 1. The SMILES string of the molecule is COc1cc(C)ccc1C(=O)c1c(C)ccnc1N. The molecule has 1 heterocycles. The van der Waals surface area contributed by atoms with Crippen molar-refractivity contribution < 1.29 is 9.53 Å². The van der Waals surface area contributed by atoms with E-state index in [0.717, 1.165) is 11.1 Å². The monoisotopic (exact) mass is 256 g/mol. The van der Waals surface area contributed by atoms with Crippen molar-refractivity contribution in [2.24, 2.45) is 0 Å². The molecular formula is C15H16N2O2. The number of carbonyl (C=O) groups is 1. The van der Waals surface area contributed by atoms with E-state index in [-0.39, 0.29) is 11.6 Å². The van der Waals surface area contributed by atoms with E-state index in [1.165, 1.54) is 0 Å². The second-order valence-corrected chi connectivity index (χ2v) is 4.42. The van der Waals surface area contributed by atoms with E-state index in [2.05, 4.69) is 4.98 Å². The number of nitrogens with two attached hydrogens (primary N) is 1. The van der Waals surface area contributed by atoms with Gasteiger partial charge in [0.15, 0.2) is 0 Å². The first kappa shape index (κ1) is 13.1. The first-order chi connectivity index (χ1) is 9.04. The number of anilines is 1. The molecule has 4 nitrogen and oxygen atoms in total. The van der Waals surface area contributed by atoms with Gasteiger partial charge in [-0.15, -0.1) is 0 Å². The van der Waals surface area contributed by atoms with Crippen LogP contribution in [0.3, 0.4) is 0 Å². The van der Waals surface area contributed by atoms with Gasteiger partial charge in [-0.2, -0.15) is 0 Å². The van der Waals surface area contributed by atoms with E-state index >= 15 is 0 Å². The summed E-state index contributed by atoms with van der Waals surface area (Å²) in [4.78, 5) is 16.6. The van der Waals surface area contributed by atoms with Gasteiger partial charge in [0, 0.05) is 6.20 Å². The van der Waals surface area contributed by atoms with Gasteiger partial charge >= 0.3 is 0 Å². The molecule has 0 unspecified atom stereocenters. The van der Waals surface area contributed by atoms with Crippen molar-refractivity contribution in [1.29, 1.82) is 0 Å². The highest BCUT2D eigenvalue weighted by Crippen LogP contribution is 2.26. The number of pyridine rings is 1. The normalized spacial score (nSPS) is 10.3. The topological polar surface area (TPSA) is 65.2 Å². The van der Waals surface area contributed by atoms with Crippen molar-refractivity contribution in [3.63, 3.8) is 0 Å². The molecule has 0 saturated carbocycles. The van der Waals surface area contributed by atoms with E-state index in [0.29, 0.717) is 16.9 Å². The molecule has 0 fully saturated rings. The molecular weight excluding hydrogens is 240 g/mol. The lowest BCUT2D eigenvalue weighted by molar-refractivity contribution is 0.103. The summed E-state index contributed by atoms with van der Waals surface area (Å²) in [6.45, 7) is 3.78. The largest absolute Gasteiger partial charge is 0.496 e. The number of hydrogen-bond acceptors (Lipinski definition) is 4. The van der Waals surface area contributed by atoms with Crippen LogP contribution >= 0.6 is 0 Å². The van der Waals surface area contributed by atoms with Gasteiger partial charge in [0.2, 0.25) is 5.78 Å². The molecule has 98 valence electrons. The number of hydrogen-bond donors (Lipinski definition) is 1. The summed E-state index contributed by atoms with van der Waals surface area (Å²) in [6.07, 6.45) is 1.59. The minimum atomic E-state index is -0.167. The van der Waals surface area contributed by atoms with Crippen LogP contribution in [0.2, 0.25) is 0 Å². The van der Waals surface area contributed by atoms with E-state index < -0.39 is 0 Å². The predicted octanol–water partition coefficient (Wildman–Crippen LogP) is 2.52. The minimum absolute atomic E-state index is 0.167. The molecule has 19 heavy (non-hydrogen) atoms. The van der Waals surface area contributed by atoms with Crippen molar-refractivity contribution in [2.75, 3.05) is 12.8 Å². The molecule has 2 N–H and O–H groups in total. The van der Waals surface area contributed by atoms with Gasteiger partial charge < -0.3 is 10.5 Å². The van der Waals surface area contributed by atoms with Crippen molar-refractivity contribution in [3.05, 3.63) is 52.7 Å². The number of methoxy groups -OCH3 is 1. The zero-order chi connectivity index (χ0) is 14.0. The highest BCUT2D eigenvalue weighted by molar-refractivity contribution is 6.14. The maximum absolute atomic E-state index is 12.6. The van der Waals surface area contributed by atoms with Crippen LogP contribution in [0.4, 0.5) is 5.82 Å². The number of nitrogen functional groups attached to an aromatic ring is 1. The first-order valence-electron chi connectivity index (χ1n) is 5.95. The predicted molar refractivity (Wildman–Crippen MR) is 74.5 cm³/mol. The van der Waals surface area contributed by atoms with Gasteiger partial charge in [-0.1, -0.05) is 6.07 Å². The summed E-state index contributed by atoms with van der Waals surface area (Å²) in [5, 5.41) is 0. The fourth-order valence-corrected chi connectivity index (χ4v) is 2.00. The van der Waals surface area contributed by atoms with Crippen molar-refractivity contribution in [1.82, 2.24) is 4.98 Å². The van der Waals surface area contributed by atoms with Crippen molar-refractivity contribution in [2.45, 2.75) is 13.8 Å². The zero-order valence-electron chi connectivity index (χ0n) is 11.2. The van der Waals surface area contributed by atoms with Crippen LogP contribution in [0.5, 0.6) is 5.75 Å². The highest BCUT2D eigenvalue weighted by Gasteiger charge is 2.19. The van der Waals surface area contributed by atoms with Gasteiger partial charge in [0.05, 0.1) is 18.2 Å². The van der Waals surface area contributed by atoms with Gasteiger partial charge in [0.1, 0.15) is 11.6 Å². The van der Waals surface area contributed by atoms with Crippen LogP contribution < -0.4 is 10.5 Å². The molecule has 0 radical (unpaired) electrons. The molecule has 0 aliphatic heterocycles. The Morgan fingerprint density at radius 3 is 2.63 bits per heavy atom. The number of ketones is 1. The maximum atomic E-state index is 12.6. The molecule has 2 rings (SSSR count). The summed E-state index contributed by atoms with van der Waals surface area (Å²) < 4.78 is 5.27. The van der Waals surface area contributed by atoms with Gasteiger partial charge in [-0.05, 0) is 43.2 Å². The molecule has 4 heteroatoms. The average Bonchev–Trinajstić information content (AvgIpc) is 2.38. The third-order valence-corrected chi connectivity index (χ3v) is 3.02. The Morgan fingerprint density at radius 1 is 1.26 bits per heavy atom. The highest BCUT2D eigenvalue weighted by atomic mass is 16.5. The van der Waals surface area contributed by atoms with Crippen LogP contribution in [0.25, 0.3) is 0 Å². The average molecular weight is 256 g/mol. The Kier molecular flexibility index (Phi) is 3.51. The van der Waals surface area contributed by atoms with E-state index in [1.54, 1.807) is 25.4 Å². The fraction of sp³-hybridized carbons (Fsp3) is 0.200. The summed E-state index contributed by atoms with van der Waals surface area (Å²) >= 11 is 0. The quantitative estimate of drug-likeness (QED) is 0.857. The van der Waals surface area contributed by atoms with Gasteiger partial charge in [-0.25, -0.2) is 4.98 Å². The third kappa shape index (κ3) is 2.42. The lowest BCUT2D eigenvalue weighted by atomic mass is 9.98. The zero-order valence-corrected chi connectivity index (χ0v) is 11.2. The van der Waals surface area contributed by atoms with Crippen LogP contribution in [-0.4, -0.2) is 17.9 Å². The molecule has 0 bridgehead atoms. The van der Waals surface area contributed by atoms with E-state index in [4.69, 9.17) is 10.5 Å². The number of ether oxygens (including phenoxy) is 1. The second kappa shape index (κ2) is 5.10. The van der Waals surface area contributed by atoms with Crippen LogP contribution in [-0.2, 0) is 0 Å². The summed E-state index contributed by atoms with van der Waals surface area (Å²) in [5.74, 6) is 0.625. The smallest absolute Gasteiger partial charge is 0.200 e. The molecule has 2 aromatic rings. The standard InChI is InChI=1S/C15H16N2O2/c1-9-4-5-11(12(8-9)19-3)14(18)13-10(2)6-7-17-15(13)16/h4-8H,1-3H3,(H2,16,17). The summed E-state index contributed by atoms with van der Waals surface area (Å²) in [7, 11) is 1.55. The molecule has 0 aliphatic rings. The number of aryl methyl sites for hydroxylation is 2. The molecule has 0 atom stereocenters. The molecule has 1 aromatic carbocycles. The Morgan fingerprint density at radius 2 is 2.00 bits per heavy atom. The lowest BCUT2D eigenvalue weighted by Crippen LogP contribution is -2.10. The number of carbonyl (C=O) groups excluding carboxylic acids is 1. The number of benzene rings is 1. The molecule has 0 saturated heterocycles. The molecule has 0 amide bonds. The fourth-order valence-electron chi connectivity index (χ4n) is 2.00. The van der Waals surface area contributed by atoms with Crippen molar-refractivity contribution in [3.8, 4) is 5.75 Å². The minimum Gasteiger partial charge on any atom is -0.496 e. The number of aromatic nitrogens is 1. The summed E-state index contributed by atoms with van der Waals surface area (Å²) in [6, 6.07) is 7.22. The maximum Gasteiger partial charge on any atom is 0.200 e. The Bertz CT molecular complexity index is 616. The Hall–Kier alpha value is -2.36. The van der Waals surface area contributed by atoms with E-state index in [1.807, 2.05) is 26.0 Å². The lowest BCUT2D eigenvalue weighted by Gasteiger charge is -2.11. The Labute approximate surface area is 112 Å². The third-order valence-electron chi connectivity index (χ3n) is 3.02. The molecule has 1 aromatic heterocycles. The summed E-state index contributed by atoms with van der Waals surface area (Å²) in [5.41, 5.74) is 8.58. The second-order valence-electron chi connectivity index (χ2n) is 4.42.